The molecule has 1 atom stereocenters. The first-order valence-corrected chi connectivity index (χ1v) is 11.9. The van der Waals surface area contributed by atoms with Crippen molar-refractivity contribution >= 4 is 11.8 Å². The number of rotatable bonds is 14. The topological polar surface area (TPSA) is 58.6 Å². The van der Waals surface area contributed by atoms with E-state index in [2.05, 4.69) is 24.4 Å². The van der Waals surface area contributed by atoms with Gasteiger partial charge in [0, 0.05) is 19.5 Å². The Bertz CT molecular complexity index is 805. The van der Waals surface area contributed by atoms with Crippen molar-refractivity contribution in [3.05, 3.63) is 65.7 Å². The summed E-state index contributed by atoms with van der Waals surface area (Å²) >= 11 is 0. The van der Waals surface area contributed by atoms with Crippen molar-refractivity contribution in [3.63, 3.8) is 0 Å². The van der Waals surface area contributed by atoms with Gasteiger partial charge in [-0.3, -0.25) is 9.59 Å². The van der Waals surface area contributed by atoms with Crippen molar-refractivity contribution in [2.24, 2.45) is 0 Å². The van der Waals surface area contributed by atoms with Crippen LogP contribution < -0.4 is 10.1 Å². The monoisotopic (exact) mass is 438 g/mol. The summed E-state index contributed by atoms with van der Waals surface area (Å²) < 4.78 is 5.77. The summed E-state index contributed by atoms with van der Waals surface area (Å²) in [5.41, 5.74) is 2.35. The molecule has 0 saturated heterocycles. The number of benzene rings is 2. The van der Waals surface area contributed by atoms with Crippen LogP contribution in [0.4, 0.5) is 0 Å². The molecule has 0 saturated carbocycles. The Morgan fingerprint density at radius 1 is 1.00 bits per heavy atom. The average Bonchev–Trinajstić information content (AvgIpc) is 2.81. The first kappa shape index (κ1) is 25.4. The minimum Gasteiger partial charge on any atom is -0.494 e. The quantitative estimate of drug-likeness (QED) is 0.426. The summed E-state index contributed by atoms with van der Waals surface area (Å²) in [5.74, 6) is 0.759. The van der Waals surface area contributed by atoms with Crippen LogP contribution in [0.2, 0.25) is 0 Å². The van der Waals surface area contributed by atoms with Crippen molar-refractivity contribution in [1.82, 2.24) is 10.2 Å². The molecule has 1 N–H and O–H groups in total. The number of unbranched alkanes of at least 4 members (excludes halogenated alkanes) is 1. The summed E-state index contributed by atoms with van der Waals surface area (Å²) in [6, 6.07) is 17.5. The highest BCUT2D eigenvalue weighted by Gasteiger charge is 2.27. The average molecular weight is 439 g/mol. The van der Waals surface area contributed by atoms with Gasteiger partial charge in [0.1, 0.15) is 11.8 Å². The molecule has 0 fully saturated rings. The summed E-state index contributed by atoms with van der Waals surface area (Å²) in [6.07, 6.45) is 4.26. The smallest absolute Gasteiger partial charge is 0.242 e. The molecule has 174 valence electrons. The van der Waals surface area contributed by atoms with Gasteiger partial charge >= 0.3 is 0 Å². The molecule has 0 bridgehead atoms. The van der Waals surface area contributed by atoms with Gasteiger partial charge in [-0.25, -0.2) is 0 Å². The van der Waals surface area contributed by atoms with Gasteiger partial charge in [0.25, 0.3) is 0 Å². The predicted molar refractivity (Wildman–Crippen MR) is 130 cm³/mol. The molecule has 0 radical (unpaired) electrons. The first-order valence-electron chi connectivity index (χ1n) is 11.9. The highest BCUT2D eigenvalue weighted by molar-refractivity contribution is 5.87. The zero-order valence-electron chi connectivity index (χ0n) is 19.8. The van der Waals surface area contributed by atoms with E-state index in [1.54, 1.807) is 4.90 Å². The highest BCUT2D eigenvalue weighted by atomic mass is 16.5. The van der Waals surface area contributed by atoms with E-state index in [0.29, 0.717) is 39.0 Å². The summed E-state index contributed by atoms with van der Waals surface area (Å²) in [4.78, 5) is 27.7. The second-order valence-electron chi connectivity index (χ2n) is 8.16. The maximum Gasteiger partial charge on any atom is 0.242 e. The van der Waals surface area contributed by atoms with Crippen LogP contribution in [0.5, 0.6) is 5.75 Å². The SMILES string of the molecule is CCCCNC(=O)C(CC)N(CCc1ccccc1)C(=O)CCCOc1ccc(C)cc1. The van der Waals surface area contributed by atoms with Gasteiger partial charge in [-0.1, -0.05) is 68.3 Å². The number of nitrogens with zero attached hydrogens (tertiary/aromatic N) is 1. The predicted octanol–water partition coefficient (Wildman–Crippen LogP) is 4.92. The van der Waals surface area contributed by atoms with E-state index in [9.17, 15) is 9.59 Å². The lowest BCUT2D eigenvalue weighted by atomic mass is 10.1. The lowest BCUT2D eigenvalue weighted by Crippen LogP contribution is -2.50. The minimum atomic E-state index is -0.443. The van der Waals surface area contributed by atoms with Crippen LogP contribution in [0.1, 0.15) is 57.1 Å². The summed E-state index contributed by atoms with van der Waals surface area (Å²) in [7, 11) is 0. The molecular weight excluding hydrogens is 400 g/mol. The number of hydrogen-bond acceptors (Lipinski definition) is 3. The largest absolute Gasteiger partial charge is 0.494 e. The molecule has 1 unspecified atom stereocenters. The van der Waals surface area contributed by atoms with Gasteiger partial charge < -0.3 is 15.0 Å². The molecular formula is C27H38N2O3. The van der Waals surface area contributed by atoms with Crippen molar-refractivity contribution in [2.75, 3.05) is 19.7 Å². The van der Waals surface area contributed by atoms with Crippen molar-refractivity contribution in [1.29, 1.82) is 0 Å². The van der Waals surface area contributed by atoms with E-state index in [4.69, 9.17) is 4.74 Å². The zero-order chi connectivity index (χ0) is 23.2. The Morgan fingerprint density at radius 2 is 1.72 bits per heavy atom. The van der Waals surface area contributed by atoms with Crippen molar-refractivity contribution in [3.8, 4) is 5.75 Å². The fraction of sp³-hybridized carbons (Fsp3) is 0.481. The number of hydrogen-bond donors (Lipinski definition) is 1. The van der Waals surface area contributed by atoms with E-state index < -0.39 is 6.04 Å². The van der Waals surface area contributed by atoms with Crippen LogP contribution >= 0.6 is 0 Å². The Balaban J connectivity index is 1.96. The van der Waals surface area contributed by atoms with Gasteiger partial charge in [-0.15, -0.1) is 0 Å². The lowest BCUT2D eigenvalue weighted by molar-refractivity contribution is -0.140. The van der Waals surface area contributed by atoms with Crippen LogP contribution in [0.3, 0.4) is 0 Å². The van der Waals surface area contributed by atoms with E-state index in [1.807, 2.05) is 56.3 Å². The van der Waals surface area contributed by atoms with E-state index in [0.717, 1.165) is 30.6 Å². The fourth-order valence-electron chi connectivity index (χ4n) is 3.59. The number of nitrogens with one attached hydrogen (secondary N) is 1. The Hall–Kier alpha value is -2.82. The third-order valence-corrected chi connectivity index (χ3v) is 5.52. The van der Waals surface area contributed by atoms with Crippen LogP contribution in [-0.4, -0.2) is 42.5 Å². The number of amides is 2. The molecule has 0 aromatic heterocycles. The van der Waals surface area contributed by atoms with Gasteiger partial charge in [0.2, 0.25) is 11.8 Å². The molecule has 5 nitrogen and oxygen atoms in total. The number of aryl methyl sites for hydroxylation is 1. The van der Waals surface area contributed by atoms with Crippen LogP contribution in [0.25, 0.3) is 0 Å². The third-order valence-electron chi connectivity index (χ3n) is 5.52. The maximum absolute atomic E-state index is 13.1. The maximum atomic E-state index is 13.1. The van der Waals surface area contributed by atoms with Crippen LogP contribution in [0, 0.1) is 6.92 Å². The fourth-order valence-corrected chi connectivity index (χ4v) is 3.59. The molecule has 0 aliphatic heterocycles. The second-order valence-corrected chi connectivity index (χ2v) is 8.16. The highest BCUT2D eigenvalue weighted by Crippen LogP contribution is 2.14. The van der Waals surface area contributed by atoms with Gasteiger partial charge in [-0.05, 0) is 50.3 Å². The Labute approximate surface area is 193 Å². The normalized spacial score (nSPS) is 11.6. The zero-order valence-corrected chi connectivity index (χ0v) is 19.8. The lowest BCUT2D eigenvalue weighted by Gasteiger charge is -2.30. The first-order chi connectivity index (χ1) is 15.5. The molecule has 0 aliphatic carbocycles. The number of ether oxygens (including phenoxy) is 1. The summed E-state index contributed by atoms with van der Waals surface area (Å²) in [6.45, 7) is 7.75. The van der Waals surface area contributed by atoms with E-state index in [1.165, 1.54) is 5.56 Å². The second kappa shape index (κ2) is 14.3. The number of carbonyl (C=O) groups is 2. The Kier molecular flexibility index (Phi) is 11.4. The van der Waals surface area contributed by atoms with Gasteiger partial charge in [0.15, 0.2) is 0 Å². The van der Waals surface area contributed by atoms with Crippen molar-refractivity contribution < 1.29 is 14.3 Å². The van der Waals surface area contributed by atoms with E-state index in [-0.39, 0.29) is 11.8 Å². The standard InChI is InChI=1S/C27H38N2O3/c1-4-6-19-28-27(31)25(5-2)29(20-18-23-11-8-7-9-12-23)26(30)13-10-21-32-24-16-14-22(3)15-17-24/h7-9,11-12,14-17,25H,4-6,10,13,18-21H2,1-3H3,(H,28,31). The molecule has 0 heterocycles. The molecule has 2 aromatic rings. The molecule has 2 amide bonds. The molecule has 0 aliphatic rings. The van der Waals surface area contributed by atoms with Crippen LogP contribution in [0.15, 0.2) is 54.6 Å². The number of carbonyl (C=O) groups excluding carboxylic acids is 2. The molecule has 2 rings (SSSR count). The third kappa shape index (κ3) is 8.74. The van der Waals surface area contributed by atoms with E-state index >= 15 is 0 Å². The molecule has 5 heteroatoms. The summed E-state index contributed by atoms with van der Waals surface area (Å²) in [5, 5.41) is 3.00. The van der Waals surface area contributed by atoms with Crippen LogP contribution in [-0.2, 0) is 16.0 Å². The van der Waals surface area contributed by atoms with Gasteiger partial charge in [-0.2, -0.15) is 0 Å². The molecule has 0 spiro atoms. The van der Waals surface area contributed by atoms with Gasteiger partial charge in [0.05, 0.1) is 6.61 Å². The Morgan fingerprint density at radius 3 is 2.38 bits per heavy atom. The molecule has 2 aromatic carbocycles. The van der Waals surface area contributed by atoms with Crippen molar-refractivity contribution in [2.45, 2.75) is 65.3 Å². The minimum absolute atomic E-state index is 0.00549. The molecule has 32 heavy (non-hydrogen) atoms.